The second-order valence-corrected chi connectivity index (χ2v) is 5.43. The first-order valence-electron chi connectivity index (χ1n) is 5.59. The fourth-order valence-corrected chi connectivity index (χ4v) is 3.14. The number of para-hydroxylation sites is 1. The second-order valence-electron chi connectivity index (χ2n) is 4.07. The summed E-state index contributed by atoms with van der Waals surface area (Å²) in [5.74, 6) is 0. The molecule has 3 aromatic rings. The van der Waals surface area contributed by atoms with Gasteiger partial charge < -0.3 is 5.73 Å². The average molecular weight is 275 g/mol. The fraction of sp³-hybridized carbons (Fsp3) is 0.0714. The highest BCUT2D eigenvalue weighted by Crippen LogP contribution is 2.31. The Balaban J connectivity index is 2.07. The summed E-state index contributed by atoms with van der Waals surface area (Å²) in [6.45, 7) is 0. The van der Waals surface area contributed by atoms with Crippen LogP contribution in [0.5, 0.6) is 0 Å². The molecule has 0 saturated carbocycles. The van der Waals surface area contributed by atoms with E-state index in [-0.39, 0.29) is 6.04 Å². The molecule has 0 aliphatic heterocycles. The van der Waals surface area contributed by atoms with Gasteiger partial charge in [0.05, 0.1) is 16.6 Å². The van der Waals surface area contributed by atoms with E-state index in [1.165, 1.54) is 0 Å². The lowest BCUT2D eigenvalue weighted by molar-refractivity contribution is 0.888. The van der Waals surface area contributed by atoms with Crippen LogP contribution in [0.25, 0.3) is 10.9 Å². The van der Waals surface area contributed by atoms with Crippen molar-refractivity contribution < 1.29 is 0 Å². The second kappa shape index (κ2) is 4.69. The number of rotatable bonds is 2. The van der Waals surface area contributed by atoms with E-state index in [0.717, 1.165) is 26.4 Å². The van der Waals surface area contributed by atoms with E-state index in [2.05, 4.69) is 11.1 Å². The molecule has 2 N–H and O–H groups in total. The van der Waals surface area contributed by atoms with Gasteiger partial charge in [-0.05, 0) is 29.1 Å². The zero-order valence-electron chi connectivity index (χ0n) is 9.51. The molecule has 0 amide bonds. The summed E-state index contributed by atoms with van der Waals surface area (Å²) in [5.41, 5.74) is 8.20. The number of benzene rings is 1. The highest BCUT2D eigenvalue weighted by atomic mass is 35.5. The normalized spacial score (nSPS) is 12.8. The molecular weight excluding hydrogens is 264 g/mol. The largest absolute Gasteiger partial charge is 0.320 e. The Morgan fingerprint density at radius 3 is 2.83 bits per heavy atom. The third kappa shape index (κ3) is 2.01. The van der Waals surface area contributed by atoms with Crippen LogP contribution in [0.2, 0.25) is 5.02 Å². The molecule has 90 valence electrons. The van der Waals surface area contributed by atoms with Gasteiger partial charge in [-0.2, -0.15) is 0 Å². The first-order valence-corrected chi connectivity index (χ1v) is 6.84. The van der Waals surface area contributed by atoms with Crippen molar-refractivity contribution in [3.05, 3.63) is 63.4 Å². The van der Waals surface area contributed by atoms with Gasteiger partial charge in [0, 0.05) is 16.5 Å². The summed E-state index contributed by atoms with van der Waals surface area (Å²) in [6.07, 6.45) is 1.82. The van der Waals surface area contributed by atoms with Crippen LogP contribution < -0.4 is 5.73 Å². The number of thiophene rings is 1. The quantitative estimate of drug-likeness (QED) is 0.767. The molecule has 4 heteroatoms. The van der Waals surface area contributed by atoms with Crippen molar-refractivity contribution in [3.8, 4) is 0 Å². The summed E-state index contributed by atoms with van der Waals surface area (Å²) in [6, 6.07) is 11.7. The molecule has 0 fully saturated rings. The van der Waals surface area contributed by atoms with Crippen LogP contribution in [0.15, 0.2) is 48.0 Å². The molecule has 0 saturated heterocycles. The maximum Gasteiger partial charge on any atom is 0.0702 e. The van der Waals surface area contributed by atoms with E-state index in [9.17, 15) is 0 Å². The lowest BCUT2D eigenvalue weighted by atomic mass is 10.1. The highest BCUT2D eigenvalue weighted by molar-refractivity contribution is 7.10. The smallest absolute Gasteiger partial charge is 0.0702 e. The Labute approximate surface area is 114 Å². The fourth-order valence-electron chi connectivity index (χ4n) is 1.94. The van der Waals surface area contributed by atoms with Crippen molar-refractivity contribution in [3.63, 3.8) is 0 Å². The summed E-state index contributed by atoms with van der Waals surface area (Å²) in [5, 5.41) is 3.77. The summed E-state index contributed by atoms with van der Waals surface area (Å²) in [4.78, 5) is 5.40. The van der Waals surface area contributed by atoms with Crippen LogP contribution in [-0.4, -0.2) is 4.98 Å². The molecule has 2 nitrogen and oxygen atoms in total. The number of nitrogens with zero attached hydrogens (tertiary/aromatic N) is 1. The summed E-state index contributed by atoms with van der Waals surface area (Å²) < 4.78 is 0. The van der Waals surface area contributed by atoms with E-state index in [4.69, 9.17) is 17.3 Å². The van der Waals surface area contributed by atoms with Gasteiger partial charge in [0.25, 0.3) is 0 Å². The van der Waals surface area contributed by atoms with Crippen molar-refractivity contribution >= 4 is 33.8 Å². The van der Waals surface area contributed by atoms with Gasteiger partial charge in [-0.15, -0.1) is 11.3 Å². The van der Waals surface area contributed by atoms with Crippen LogP contribution in [0, 0.1) is 0 Å². The van der Waals surface area contributed by atoms with Gasteiger partial charge in [0.1, 0.15) is 0 Å². The Kier molecular flexibility index (Phi) is 3.04. The lowest BCUT2D eigenvalue weighted by Crippen LogP contribution is -2.10. The number of halogens is 1. The van der Waals surface area contributed by atoms with Crippen molar-refractivity contribution in [1.29, 1.82) is 0 Å². The molecule has 0 radical (unpaired) electrons. The first-order chi connectivity index (χ1) is 8.75. The molecule has 0 aliphatic rings. The molecule has 2 heterocycles. The van der Waals surface area contributed by atoms with Crippen LogP contribution in [0.4, 0.5) is 0 Å². The number of hydrogen-bond acceptors (Lipinski definition) is 3. The minimum atomic E-state index is -0.213. The van der Waals surface area contributed by atoms with Gasteiger partial charge >= 0.3 is 0 Å². The number of pyridine rings is 1. The Morgan fingerprint density at radius 2 is 2.06 bits per heavy atom. The third-order valence-electron chi connectivity index (χ3n) is 2.90. The molecule has 3 rings (SSSR count). The van der Waals surface area contributed by atoms with E-state index in [0.29, 0.717) is 0 Å². The minimum absolute atomic E-state index is 0.213. The van der Waals surface area contributed by atoms with Crippen molar-refractivity contribution in [2.75, 3.05) is 0 Å². The molecule has 0 spiro atoms. The third-order valence-corrected chi connectivity index (χ3v) is 4.34. The predicted molar refractivity (Wildman–Crippen MR) is 77.1 cm³/mol. The lowest BCUT2D eigenvalue weighted by Gasteiger charge is -2.11. The maximum atomic E-state index is 6.24. The molecule has 1 unspecified atom stereocenters. The van der Waals surface area contributed by atoms with E-state index in [1.54, 1.807) is 11.3 Å². The standard InChI is InChI=1S/C14H11ClN2S/c15-11-5-6-18-14(11)13(16)10-7-9-3-1-2-4-12(9)17-8-10/h1-8,13H,16H2. The monoisotopic (exact) mass is 274 g/mol. The Bertz CT molecular complexity index is 693. The SMILES string of the molecule is NC(c1cnc2ccccc2c1)c1sccc1Cl. The predicted octanol–water partition coefficient (Wildman–Crippen LogP) is 4.00. The van der Waals surface area contributed by atoms with Crippen molar-refractivity contribution in [2.45, 2.75) is 6.04 Å². The van der Waals surface area contributed by atoms with Gasteiger partial charge in [-0.25, -0.2) is 0 Å². The van der Waals surface area contributed by atoms with Gasteiger partial charge in [0.2, 0.25) is 0 Å². The molecule has 0 bridgehead atoms. The Hall–Kier alpha value is -1.42. The molecule has 1 atom stereocenters. The number of hydrogen-bond donors (Lipinski definition) is 1. The molecule has 0 aliphatic carbocycles. The zero-order valence-corrected chi connectivity index (χ0v) is 11.1. The number of nitrogens with two attached hydrogens (primary N) is 1. The number of fused-ring (bicyclic) bond motifs is 1. The van der Waals surface area contributed by atoms with Crippen LogP contribution >= 0.6 is 22.9 Å². The molecule has 2 aromatic heterocycles. The summed E-state index contributed by atoms with van der Waals surface area (Å²) in [7, 11) is 0. The van der Waals surface area contributed by atoms with Gasteiger partial charge in [-0.3, -0.25) is 4.98 Å². The average Bonchev–Trinajstić information content (AvgIpc) is 2.83. The van der Waals surface area contributed by atoms with E-state index in [1.807, 2.05) is 41.9 Å². The van der Waals surface area contributed by atoms with Crippen molar-refractivity contribution in [1.82, 2.24) is 4.98 Å². The highest BCUT2D eigenvalue weighted by Gasteiger charge is 2.14. The molecular formula is C14H11ClN2S. The zero-order chi connectivity index (χ0) is 12.5. The van der Waals surface area contributed by atoms with Gasteiger partial charge in [-0.1, -0.05) is 29.8 Å². The molecule has 18 heavy (non-hydrogen) atoms. The van der Waals surface area contributed by atoms with E-state index >= 15 is 0 Å². The van der Waals surface area contributed by atoms with Gasteiger partial charge in [0.15, 0.2) is 0 Å². The van der Waals surface area contributed by atoms with Crippen molar-refractivity contribution in [2.24, 2.45) is 5.73 Å². The minimum Gasteiger partial charge on any atom is -0.320 e. The van der Waals surface area contributed by atoms with Crippen LogP contribution in [0.1, 0.15) is 16.5 Å². The Morgan fingerprint density at radius 1 is 1.22 bits per heavy atom. The first kappa shape index (κ1) is 11.7. The van der Waals surface area contributed by atoms with E-state index < -0.39 is 0 Å². The number of aromatic nitrogens is 1. The molecule has 1 aromatic carbocycles. The summed E-state index contributed by atoms with van der Waals surface area (Å²) >= 11 is 7.69. The van der Waals surface area contributed by atoms with Crippen LogP contribution in [-0.2, 0) is 0 Å². The van der Waals surface area contributed by atoms with Crippen LogP contribution in [0.3, 0.4) is 0 Å². The maximum absolute atomic E-state index is 6.24. The topological polar surface area (TPSA) is 38.9 Å².